The van der Waals surface area contributed by atoms with Crippen LogP contribution in [0.25, 0.3) is 11.4 Å². The van der Waals surface area contributed by atoms with Gasteiger partial charge in [0, 0.05) is 25.2 Å². The highest BCUT2D eigenvalue weighted by molar-refractivity contribution is 5.58. The zero-order valence-corrected chi connectivity index (χ0v) is 11.6. The predicted octanol–water partition coefficient (Wildman–Crippen LogP) is 1.28. The molecule has 0 saturated carbocycles. The molecule has 0 unspecified atom stereocenters. The molecule has 1 aromatic heterocycles. The molecule has 0 radical (unpaired) electrons. The van der Waals surface area contributed by atoms with E-state index in [0.29, 0.717) is 0 Å². The molecule has 106 valence electrons. The second-order valence-electron chi connectivity index (χ2n) is 4.81. The van der Waals surface area contributed by atoms with Crippen molar-refractivity contribution in [1.82, 2.24) is 20.5 Å². The van der Waals surface area contributed by atoms with Crippen LogP contribution < -0.4 is 15.0 Å². The number of ether oxygens (including phenoxy) is 1. The summed E-state index contributed by atoms with van der Waals surface area (Å²) in [5, 5.41) is 10.7. The molecule has 0 spiro atoms. The Morgan fingerprint density at radius 3 is 3.10 bits per heavy atom. The largest absolute Gasteiger partial charge is 0.497 e. The van der Waals surface area contributed by atoms with Gasteiger partial charge in [0.15, 0.2) is 5.82 Å². The Kier molecular flexibility index (Phi) is 3.83. The summed E-state index contributed by atoms with van der Waals surface area (Å²) in [7, 11) is 1.66. The molecular formula is C14H19N5O. The molecule has 1 saturated heterocycles. The fourth-order valence-corrected chi connectivity index (χ4v) is 2.34. The van der Waals surface area contributed by atoms with Gasteiger partial charge in [-0.05, 0) is 25.1 Å². The standard InChI is InChI=1S/C14H19N5O/c1-20-12-5-2-4-11(10-12)13-16-14(18-17-13)19-8-3-6-15-7-9-19/h2,4-5,10,15H,3,6-9H2,1H3,(H,16,17,18). The topological polar surface area (TPSA) is 66.1 Å². The number of anilines is 1. The lowest BCUT2D eigenvalue weighted by Crippen LogP contribution is -2.28. The predicted molar refractivity (Wildman–Crippen MR) is 78.1 cm³/mol. The second kappa shape index (κ2) is 5.92. The molecule has 0 amide bonds. The third-order valence-corrected chi connectivity index (χ3v) is 3.44. The molecule has 0 atom stereocenters. The first-order valence-electron chi connectivity index (χ1n) is 6.89. The number of methoxy groups -OCH3 is 1. The average molecular weight is 273 g/mol. The van der Waals surface area contributed by atoms with Crippen molar-refractivity contribution in [3.05, 3.63) is 24.3 Å². The van der Waals surface area contributed by atoms with Crippen molar-refractivity contribution in [2.45, 2.75) is 6.42 Å². The van der Waals surface area contributed by atoms with E-state index in [2.05, 4.69) is 25.4 Å². The van der Waals surface area contributed by atoms with Crippen molar-refractivity contribution in [3.63, 3.8) is 0 Å². The monoisotopic (exact) mass is 273 g/mol. The fourth-order valence-electron chi connectivity index (χ4n) is 2.34. The number of hydrogen-bond acceptors (Lipinski definition) is 5. The van der Waals surface area contributed by atoms with E-state index in [1.165, 1.54) is 0 Å². The lowest BCUT2D eigenvalue weighted by atomic mass is 10.2. The normalized spacial score (nSPS) is 15.9. The fraction of sp³-hybridized carbons (Fsp3) is 0.429. The number of aromatic nitrogens is 3. The zero-order valence-electron chi connectivity index (χ0n) is 11.6. The van der Waals surface area contributed by atoms with E-state index in [-0.39, 0.29) is 0 Å². The van der Waals surface area contributed by atoms with Gasteiger partial charge in [0.05, 0.1) is 7.11 Å². The highest BCUT2D eigenvalue weighted by atomic mass is 16.5. The van der Waals surface area contributed by atoms with E-state index < -0.39 is 0 Å². The number of nitrogens with one attached hydrogen (secondary N) is 2. The summed E-state index contributed by atoms with van der Waals surface area (Å²) < 4.78 is 5.24. The number of benzene rings is 1. The molecule has 20 heavy (non-hydrogen) atoms. The van der Waals surface area contributed by atoms with Gasteiger partial charge >= 0.3 is 0 Å². The van der Waals surface area contributed by atoms with Crippen LogP contribution in [-0.2, 0) is 0 Å². The van der Waals surface area contributed by atoms with Crippen molar-refractivity contribution < 1.29 is 4.74 Å². The molecule has 3 rings (SSSR count). The van der Waals surface area contributed by atoms with Crippen LogP contribution in [0.2, 0.25) is 0 Å². The molecule has 6 nitrogen and oxygen atoms in total. The third kappa shape index (κ3) is 2.75. The summed E-state index contributed by atoms with van der Waals surface area (Å²) in [6.07, 6.45) is 1.11. The van der Waals surface area contributed by atoms with Crippen molar-refractivity contribution in [2.75, 3.05) is 38.2 Å². The van der Waals surface area contributed by atoms with E-state index in [1.54, 1.807) is 7.11 Å². The number of hydrogen-bond donors (Lipinski definition) is 2. The summed E-state index contributed by atoms with van der Waals surface area (Å²) in [4.78, 5) is 6.81. The molecule has 0 aliphatic carbocycles. The summed E-state index contributed by atoms with van der Waals surface area (Å²) in [5.41, 5.74) is 0.982. The van der Waals surface area contributed by atoms with Crippen LogP contribution in [0.1, 0.15) is 6.42 Å². The highest BCUT2D eigenvalue weighted by Gasteiger charge is 2.14. The molecule has 6 heteroatoms. The molecule has 2 N–H and O–H groups in total. The Balaban J connectivity index is 1.81. The average Bonchev–Trinajstić information content (AvgIpc) is 2.83. The lowest BCUT2D eigenvalue weighted by molar-refractivity contribution is 0.415. The lowest BCUT2D eigenvalue weighted by Gasteiger charge is -2.16. The van der Waals surface area contributed by atoms with Crippen LogP contribution in [0.5, 0.6) is 5.75 Å². The molecule has 0 bridgehead atoms. The number of rotatable bonds is 3. The summed E-state index contributed by atoms with van der Waals surface area (Å²) >= 11 is 0. The zero-order chi connectivity index (χ0) is 13.8. The van der Waals surface area contributed by atoms with Gasteiger partial charge in [0.2, 0.25) is 5.95 Å². The SMILES string of the molecule is COc1cccc(-c2nc(N3CCCNCC3)n[nH]2)c1. The number of H-pyrrole nitrogens is 1. The molecule has 1 aromatic carbocycles. The van der Waals surface area contributed by atoms with E-state index in [4.69, 9.17) is 4.74 Å². The van der Waals surface area contributed by atoms with Crippen LogP contribution in [0, 0.1) is 0 Å². The van der Waals surface area contributed by atoms with E-state index in [0.717, 1.165) is 55.7 Å². The van der Waals surface area contributed by atoms with Crippen molar-refractivity contribution in [2.24, 2.45) is 0 Å². The first-order chi connectivity index (χ1) is 9.86. The van der Waals surface area contributed by atoms with Gasteiger partial charge in [-0.3, -0.25) is 5.10 Å². The first kappa shape index (κ1) is 12.9. The smallest absolute Gasteiger partial charge is 0.245 e. The van der Waals surface area contributed by atoms with Gasteiger partial charge in [-0.15, -0.1) is 5.10 Å². The molecule has 1 aliphatic rings. The Labute approximate surface area is 118 Å². The minimum Gasteiger partial charge on any atom is -0.497 e. The number of aromatic amines is 1. The van der Waals surface area contributed by atoms with Gasteiger partial charge in [-0.25, -0.2) is 0 Å². The van der Waals surface area contributed by atoms with E-state index in [9.17, 15) is 0 Å². The minimum absolute atomic E-state index is 0.770. The molecule has 1 fully saturated rings. The summed E-state index contributed by atoms with van der Waals surface area (Å²) in [5.74, 6) is 2.36. The van der Waals surface area contributed by atoms with Gasteiger partial charge in [0.25, 0.3) is 0 Å². The van der Waals surface area contributed by atoms with Gasteiger partial charge in [0.1, 0.15) is 5.75 Å². The quantitative estimate of drug-likeness (QED) is 0.882. The molecule has 2 aromatic rings. The summed E-state index contributed by atoms with van der Waals surface area (Å²) in [6, 6.07) is 7.82. The molecule has 2 heterocycles. The van der Waals surface area contributed by atoms with Crippen molar-refractivity contribution in [1.29, 1.82) is 0 Å². The van der Waals surface area contributed by atoms with Crippen LogP contribution >= 0.6 is 0 Å². The van der Waals surface area contributed by atoms with E-state index >= 15 is 0 Å². The first-order valence-corrected chi connectivity index (χ1v) is 6.89. The highest BCUT2D eigenvalue weighted by Crippen LogP contribution is 2.22. The Bertz CT molecular complexity index is 560. The Hall–Kier alpha value is -2.08. The van der Waals surface area contributed by atoms with Crippen LogP contribution in [0.4, 0.5) is 5.95 Å². The summed E-state index contributed by atoms with van der Waals surface area (Å²) in [6.45, 7) is 3.96. The van der Waals surface area contributed by atoms with E-state index in [1.807, 2.05) is 24.3 Å². The maximum absolute atomic E-state index is 5.24. The molecule has 1 aliphatic heterocycles. The van der Waals surface area contributed by atoms with Crippen LogP contribution in [0.3, 0.4) is 0 Å². The minimum atomic E-state index is 0.770. The maximum atomic E-state index is 5.24. The third-order valence-electron chi connectivity index (χ3n) is 3.44. The van der Waals surface area contributed by atoms with Crippen LogP contribution in [-0.4, -0.2) is 48.5 Å². The van der Waals surface area contributed by atoms with Crippen molar-refractivity contribution >= 4 is 5.95 Å². The number of nitrogens with zero attached hydrogens (tertiary/aromatic N) is 3. The molecular weight excluding hydrogens is 254 g/mol. The Morgan fingerprint density at radius 1 is 1.25 bits per heavy atom. The van der Waals surface area contributed by atoms with Crippen LogP contribution in [0.15, 0.2) is 24.3 Å². The van der Waals surface area contributed by atoms with Gasteiger partial charge in [-0.2, -0.15) is 4.98 Å². The van der Waals surface area contributed by atoms with Gasteiger partial charge in [-0.1, -0.05) is 12.1 Å². The second-order valence-corrected chi connectivity index (χ2v) is 4.81. The van der Waals surface area contributed by atoms with Gasteiger partial charge < -0.3 is 15.0 Å². The van der Waals surface area contributed by atoms with Crippen molar-refractivity contribution in [3.8, 4) is 17.1 Å². The maximum Gasteiger partial charge on any atom is 0.245 e. The Morgan fingerprint density at radius 2 is 2.20 bits per heavy atom.